The third-order valence-electron chi connectivity index (χ3n) is 5.03. The van der Waals surface area contributed by atoms with Crippen LogP contribution in [-0.2, 0) is 14.3 Å². The Hall–Kier alpha value is -4.50. The second-order valence-electron chi connectivity index (χ2n) is 7.57. The van der Waals surface area contributed by atoms with Crippen LogP contribution in [0.15, 0.2) is 66.7 Å². The number of carbonyl (C=O) groups excluding carboxylic acids is 5. The fraction of sp³-hybridized carbons (Fsp3) is 0.0800. The summed E-state index contributed by atoms with van der Waals surface area (Å²) in [6, 6.07) is 16.6. The molecule has 0 aliphatic carbocycles. The van der Waals surface area contributed by atoms with Crippen LogP contribution in [-0.4, -0.2) is 36.2 Å². The summed E-state index contributed by atoms with van der Waals surface area (Å²) in [5.41, 5.74) is 1.61. The van der Waals surface area contributed by atoms with Crippen molar-refractivity contribution in [1.82, 2.24) is 0 Å². The first-order chi connectivity index (χ1) is 16.7. The van der Waals surface area contributed by atoms with Crippen LogP contribution in [0.2, 0.25) is 5.02 Å². The number of amides is 4. The van der Waals surface area contributed by atoms with Crippen molar-refractivity contribution < 1.29 is 28.7 Å². The Bertz CT molecular complexity index is 1350. The van der Waals surface area contributed by atoms with Crippen molar-refractivity contribution >= 4 is 58.3 Å². The van der Waals surface area contributed by atoms with E-state index in [1.807, 2.05) is 0 Å². The van der Waals surface area contributed by atoms with Gasteiger partial charge in [0.2, 0.25) is 5.91 Å². The van der Waals surface area contributed by atoms with Gasteiger partial charge in [-0.25, -0.2) is 9.69 Å². The number of hydrogen-bond acceptors (Lipinski definition) is 6. The van der Waals surface area contributed by atoms with Crippen molar-refractivity contribution in [3.8, 4) is 0 Å². The monoisotopic (exact) mass is 491 g/mol. The summed E-state index contributed by atoms with van der Waals surface area (Å²) in [4.78, 5) is 62.2. The van der Waals surface area contributed by atoms with E-state index in [0.717, 1.165) is 4.90 Å². The molecule has 1 heterocycles. The predicted molar refractivity (Wildman–Crippen MR) is 129 cm³/mol. The zero-order valence-corrected chi connectivity index (χ0v) is 19.1. The summed E-state index contributed by atoms with van der Waals surface area (Å²) >= 11 is 5.87. The maximum absolute atomic E-state index is 12.9. The maximum atomic E-state index is 12.9. The molecule has 0 saturated carbocycles. The summed E-state index contributed by atoms with van der Waals surface area (Å²) in [5.74, 6) is -2.72. The van der Waals surface area contributed by atoms with E-state index in [0.29, 0.717) is 22.1 Å². The van der Waals surface area contributed by atoms with Crippen molar-refractivity contribution in [1.29, 1.82) is 0 Å². The molecule has 2 N–H and O–H groups in total. The normalized spacial score (nSPS) is 12.2. The molecule has 0 atom stereocenters. The second-order valence-corrected chi connectivity index (χ2v) is 8.00. The number of halogens is 1. The molecule has 0 spiro atoms. The van der Waals surface area contributed by atoms with Gasteiger partial charge in [-0.15, -0.1) is 0 Å². The number of anilines is 3. The van der Waals surface area contributed by atoms with Gasteiger partial charge in [-0.1, -0.05) is 11.6 Å². The molecular weight excluding hydrogens is 474 g/mol. The largest absolute Gasteiger partial charge is 0.452 e. The van der Waals surface area contributed by atoms with Gasteiger partial charge in [-0.2, -0.15) is 0 Å². The topological polar surface area (TPSA) is 122 Å². The first-order valence-corrected chi connectivity index (χ1v) is 10.7. The van der Waals surface area contributed by atoms with Crippen molar-refractivity contribution in [2.75, 3.05) is 22.1 Å². The van der Waals surface area contributed by atoms with Crippen LogP contribution < -0.4 is 15.5 Å². The summed E-state index contributed by atoms with van der Waals surface area (Å²) < 4.78 is 5.05. The van der Waals surface area contributed by atoms with Gasteiger partial charge < -0.3 is 15.4 Å². The van der Waals surface area contributed by atoms with E-state index in [9.17, 15) is 24.0 Å². The van der Waals surface area contributed by atoms with Crippen molar-refractivity contribution in [3.63, 3.8) is 0 Å². The minimum Gasteiger partial charge on any atom is -0.452 e. The van der Waals surface area contributed by atoms with Gasteiger partial charge in [-0.3, -0.25) is 19.2 Å². The highest BCUT2D eigenvalue weighted by Crippen LogP contribution is 2.30. The van der Waals surface area contributed by atoms with E-state index in [2.05, 4.69) is 10.6 Å². The summed E-state index contributed by atoms with van der Waals surface area (Å²) in [7, 11) is 0. The first-order valence-electron chi connectivity index (χ1n) is 10.4. The average molecular weight is 492 g/mol. The zero-order chi connectivity index (χ0) is 25.1. The van der Waals surface area contributed by atoms with Crippen molar-refractivity contribution in [3.05, 3.63) is 88.4 Å². The molecule has 1 aliphatic heterocycles. The Morgan fingerprint density at radius 3 is 2.06 bits per heavy atom. The lowest BCUT2D eigenvalue weighted by Gasteiger charge is -2.13. The molecule has 3 aromatic carbocycles. The highest BCUT2D eigenvalue weighted by molar-refractivity contribution is 6.35. The molecule has 0 unspecified atom stereocenters. The Morgan fingerprint density at radius 1 is 0.829 bits per heavy atom. The standard InChI is InChI=1S/C25H18ClN3O6/c1-14(30)27-17-5-7-18(8-6-17)28-22(31)13-35-25(34)15-2-11-20-21(12-15)24(33)29(23(20)32)19-9-3-16(26)4-10-19/h2-12H,13H2,1H3,(H,27,30)(H,28,31). The van der Waals surface area contributed by atoms with Gasteiger partial charge in [0.25, 0.3) is 17.7 Å². The number of hydrogen-bond donors (Lipinski definition) is 2. The van der Waals surface area contributed by atoms with E-state index in [1.54, 1.807) is 48.5 Å². The van der Waals surface area contributed by atoms with Crippen LogP contribution in [0.3, 0.4) is 0 Å². The molecule has 4 amide bonds. The lowest BCUT2D eigenvalue weighted by atomic mass is 10.1. The van der Waals surface area contributed by atoms with E-state index in [1.165, 1.54) is 25.1 Å². The second kappa shape index (κ2) is 9.78. The van der Waals surface area contributed by atoms with Crippen LogP contribution >= 0.6 is 11.6 Å². The number of ether oxygens (including phenoxy) is 1. The number of esters is 1. The van der Waals surface area contributed by atoms with E-state index >= 15 is 0 Å². The van der Waals surface area contributed by atoms with Crippen LogP contribution in [0.4, 0.5) is 17.1 Å². The molecule has 0 aromatic heterocycles. The zero-order valence-electron chi connectivity index (χ0n) is 18.3. The van der Waals surface area contributed by atoms with Gasteiger partial charge in [0, 0.05) is 23.3 Å². The summed E-state index contributed by atoms with van der Waals surface area (Å²) in [5, 5.41) is 5.63. The molecule has 10 heteroatoms. The molecular formula is C25H18ClN3O6. The van der Waals surface area contributed by atoms with Crippen LogP contribution in [0, 0.1) is 0 Å². The van der Waals surface area contributed by atoms with Gasteiger partial charge in [0.15, 0.2) is 6.61 Å². The van der Waals surface area contributed by atoms with Gasteiger partial charge >= 0.3 is 5.97 Å². The van der Waals surface area contributed by atoms with Crippen molar-refractivity contribution in [2.24, 2.45) is 0 Å². The number of nitrogens with one attached hydrogen (secondary N) is 2. The Labute approximate surface area is 204 Å². The quantitative estimate of drug-likeness (QED) is 0.398. The van der Waals surface area contributed by atoms with Crippen LogP contribution in [0.25, 0.3) is 0 Å². The minimum atomic E-state index is -0.825. The predicted octanol–water partition coefficient (Wildman–Crippen LogP) is 3.89. The molecule has 0 radical (unpaired) electrons. The van der Waals surface area contributed by atoms with Gasteiger partial charge in [0.05, 0.1) is 22.4 Å². The third kappa shape index (κ3) is 5.20. The molecule has 3 aromatic rings. The lowest BCUT2D eigenvalue weighted by molar-refractivity contribution is -0.119. The van der Waals surface area contributed by atoms with Crippen molar-refractivity contribution in [2.45, 2.75) is 6.92 Å². The van der Waals surface area contributed by atoms with Gasteiger partial charge in [0.1, 0.15) is 0 Å². The minimum absolute atomic E-state index is 0.0234. The van der Waals surface area contributed by atoms with E-state index in [4.69, 9.17) is 16.3 Å². The fourth-order valence-electron chi connectivity index (χ4n) is 3.44. The number of carbonyl (C=O) groups is 5. The maximum Gasteiger partial charge on any atom is 0.338 e. The average Bonchev–Trinajstić information content (AvgIpc) is 3.08. The smallest absolute Gasteiger partial charge is 0.338 e. The molecule has 176 valence electrons. The molecule has 0 bridgehead atoms. The molecule has 0 saturated heterocycles. The highest BCUT2D eigenvalue weighted by atomic mass is 35.5. The Morgan fingerprint density at radius 2 is 1.43 bits per heavy atom. The SMILES string of the molecule is CC(=O)Nc1ccc(NC(=O)COC(=O)c2ccc3c(c2)C(=O)N(c2ccc(Cl)cc2)C3=O)cc1. The molecule has 35 heavy (non-hydrogen) atoms. The third-order valence-corrected chi connectivity index (χ3v) is 5.28. The van der Waals surface area contributed by atoms with Crippen LogP contribution in [0.5, 0.6) is 0 Å². The van der Waals surface area contributed by atoms with E-state index < -0.39 is 30.3 Å². The number of benzene rings is 3. The molecule has 1 aliphatic rings. The summed E-state index contributed by atoms with van der Waals surface area (Å²) in [6.45, 7) is 0.821. The number of rotatable bonds is 6. The van der Waals surface area contributed by atoms with E-state index in [-0.39, 0.29) is 22.6 Å². The molecule has 4 rings (SSSR count). The highest BCUT2D eigenvalue weighted by Gasteiger charge is 2.37. The van der Waals surface area contributed by atoms with Crippen LogP contribution in [0.1, 0.15) is 38.0 Å². The number of nitrogens with zero attached hydrogens (tertiary/aromatic N) is 1. The first kappa shape index (κ1) is 23.7. The molecule has 0 fully saturated rings. The molecule has 9 nitrogen and oxygen atoms in total. The summed E-state index contributed by atoms with van der Waals surface area (Å²) in [6.07, 6.45) is 0. The Kier molecular flexibility index (Phi) is 6.61. The number of imide groups is 1. The Balaban J connectivity index is 1.39. The fourth-order valence-corrected chi connectivity index (χ4v) is 3.57. The number of fused-ring (bicyclic) bond motifs is 1. The van der Waals surface area contributed by atoms with Gasteiger partial charge in [-0.05, 0) is 66.7 Å². The lowest BCUT2D eigenvalue weighted by Crippen LogP contribution is -2.29.